The van der Waals surface area contributed by atoms with Crippen molar-refractivity contribution in [1.82, 2.24) is 9.78 Å². The Bertz CT molecular complexity index is 1320. The number of methoxy groups -OCH3 is 1. The van der Waals surface area contributed by atoms with Crippen LogP contribution in [0.3, 0.4) is 0 Å². The largest absolute Gasteiger partial charge is 0.465 e. The van der Waals surface area contributed by atoms with Crippen molar-refractivity contribution in [3.63, 3.8) is 0 Å². The van der Waals surface area contributed by atoms with E-state index in [1.807, 2.05) is 60.7 Å². The Morgan fingerprint density at radius 2 is 1.82 bits per heavy atom. The molecule has 10 heteroatoms. The standard InChI is InChI=1S/C24H20Cl2N4O2S2/c1-32-23(31)18-12-17(11-15-7-3-2-4-8-15)34-22(18)28-24(33)27-21-20(26)14-30(29-21)13-16-9-5-6-10-19(16)25/h2-10,12,14H,11,13H2,1H3,(H2,27,28,29,33). The number of aromatic nitrogens is 2. The third-order valence-electron chi connectivity index (χ3n) is 4.88. The van der Waals surface area contributed by atoms with E-state index in [1.54, 1.807) is 10.9 Å². The average molecular weight is 531 g/mol. The monoisotopic (exact) mass is 530 g/mol. The van der Waals surface area contributed by atoms with Crippen LogP contribution in [0.2, 0.25) is 10.0 Å². The minimum absolute atomic E-state index is 0.253. The lowest BCUT2D eigenvalue weighted by Crippen LogP contribution is -2.20. The van der Waals surface area contributed by atoms with Crippen LogP contribution in [0, 0.1) is 0 Å². The van der Waals surface area contributed by atoms with E-state index < -0.39 is 5.97 Å². The summed E-state index contributed by atoms with van der Waals surface area (Å²) in [4.78, 5) is 13.3. The summed E-state index contributed by atoms with van der Waals surface area (Å²) in [5, 5.41) is 12.4. The zero-order valence-corrected chi connectivity index (χ0v) is 21.2. The van der Waals surface area contributed by atoms with Gasteiger partial charge in [0.25, 0.3) is 0 Å². The third-order valence-corrected chi connectivity index (χ3v) is 6.78. The number of rotatable bonds is 7. The highest BCUT2D eigenvalue weighted by atomic mass is 35.5. The topological polar surface area (TPSA) is 68.2 Å². The van der Waals surface area contributed by atoms with Crippen LogP contribution >= 0.6 is 46.8 Å². The second-order valence-electron chi connectivity index (χ2n) is 7.30. The summed E-state index contributed by atoms with van der Waals surface area (Å²) in [7, 11) is 1.35. The molecule has 0 aliphatic carbocycles. The number of hydrogen-bond donors (Lipinski definition) is 2. The number of esters is 1. The van der Waals surface area contributed by atoms with Crippen molar-refractivity contribution in [2.24, 2.45) is 0 Å². The Kier molecular flexibility index (Phi) is 7.84. The van der Waals surface area contributed by atoms with Crippen molar-refractivity contribution in [2.75, 3.05) is 17.7 Å². The SMILES string of the molecule is COC(=O)c1cc(Cc2ccccc2)sc1NC(=S)Nc1nn(Cc2ccccc2Cl)cc1Cl. The molecule has 0 amide bonds. The van der Waals surface area contributed by atoms with Crippen molar-refractivity contribution in [3.05, 3.63) is 98.5 Å². The minimum atomic E-state index is -0.442. The maximum atomic E-state index is 12.3. The summed E-state index contributed by atoms with van der Waals surface area (Å²) in [6.07, 6.45) is 2.38. The van der Waals surface area contributed by atoms with E-state index in [0.29, 0.717) is 39.4 Å². The van der Waals surface area contributed by atoms with Crippen molar-refractivity contribution in [3.8, 4) is 0 Å². The van der Waals surface area contributed by atoms with E-state index >= 15 is 0 Å². The normalized spacial score (nSPS) is 10.7. The van der Waals surface area contributed by atoms with Crippen LogP contribution in [0.15, 0.2) is 66.9 Å². The van der Waals surface area contributed by atoms with Crippen LogP contribution in [0.5, 0.6) is 0 Å². The van der Waals surface area contributed by atoms with Gasteiger partial charge in [0, 0.05) is 22.5 Å². The maximum Gasteiger partial charge on any atom is 0.340 e. The zero-order chi connectivity index (χ0) is 24.1. The highest BCUT2D eigenvalue weighted by Gasteiger charge is 2.19. The molecular formula is C24H20Cl2N4O2S2. The van der Waals surface area contributed by atoms with Crippen molar-refractivity contribution in [1.29, 1.82) is 0 Å². The van der Waals surface area contributed by atoms with Crippen molar-refractivity contribution >= 4 is 68.7 Å². The lowest BCUT2D eigenvalue weighted by atomic mass is 10.1. The molecule has 0 aliphatic rings. The van der Waals surface area contributed by atoms with Gasteiger partial charge in [-0.15, -0.1) is 11.3 Å². The van der Waals surface area contributed by atoms with Gasteiger partial charge in [-0.3, -0.25) is 4.68 Å². The highest BCUT2D eigenvalue weighted by Crippen LogP contribution is 2.31. The van der Waals surface area contributed by atoms with Gasteiger partial charge in [-0.2, -0.15) is 5.10 Å². The van der Waals surface area contributed by atoms with Gasteiger partial charge >= 0.3 is 5.97 Å². The fraction of sp³-hybridized carbons (Fsp3) is 0.125. The molecule has 0 radical (unpaired) electrons. The molecule has 0 saturated carbocycles. The molecule has 0 saturated heterocycles. The molecule has 2 aromatic carbocycles. The number of thiophene rings is 1. The number of carbonyl (C=O) groups is 1. The lowest BCUT2D eigenvalue weighted by molar-refractivity contribution is 0.0602. The van der Waals surface area contributed by atoms with Crippen molar-refractivity contribution < 1.29 is 9.53 Å². The van der Waals surface area contributed by atoms with Gasteiger partial charge in [0.1, 0.15) is 10.0 Å². The Morgan fingerprint density at radius 3 is 2.56 bits per heavy atom. The molecule has 174 valence electrons. The summed E-state index contributed by atoms with van der Waals surface area (Å²) in [6.45, 7) is 0.460. The van der Waals surface area contributed by atoms with Crippen LogP contribution in [0.1, 0.15) is 26.4 Å². The van der Waals surface area contributed by atoms with Crippen LogP contribution < -0.4 is 10.6 Å². The van der Waals surface area contributed by atoms with E-state index in [4.69, 9.17) is 40.2 Å². The number of carbonyl (C=O) groups excluding carboxylic acids is 1. The molecule has 2 N–H and O–H groups in total. The van der Waals surface area contributed by atoms with Gasteiger partial charge in [0.05, 0.1) is 19.2 Å². The van der Waals surface area contributed by atoms with Crippen LogP contribution in [-0.2, 0) is 17.7 Å². The van der Waals surface area contributed by atoms with Gasteiger partial charge in [-0.05, 0) is 35.5 Å². The summed E-state index contributed by atoms with van der Waals surface area (Å²) < 4.78 is 6.62. The van der Waals surface area contributed by atoms with Crippen LogP contribution in [-0.4, -0.2) is 28.0 Å². The Hall–Kier alpha value is -2.91. The molecule has 0 bridgehead atoms. The number of benzene rings is 2. The van der Waals surface area contributed by atoms with Crippen LogP contribution in [0.4, 0.5) is 10.8 Å². The predicted octanol–water partition coefficient (Wildman–Crippen LogP) is 6.49. The second-order valence-corrected chi connectivity index (χ2v) is 9.66. The zero-order valence-electron chi connectivity index (χ0n) is 18.0. The number of halogens is 2. The van der Waals surface area contributed by atoms with Gasteiger partial charge in [0.15, 0.2) is 10.9 Å². The quantitative estimate of drug-likeness (QED) is 0.210. The van der Waals surface area contributed by atoms with E-state index in [0.717, 1.165) is 16.0 Å². The molecule has 34 heavy (non-hydrogen) atoms. The van der Waals surface area contributed by atoms with Gasteiger partial charge in [-0.25, -0.2) is 4.79 Å². The fourth-order valence-corrected chi connectivity index (χ4v) is 5.03. The van der Waals surface area contributed by atoms with Gasteiger partial charge in [-0.1, -0.05) is 71.7 Å². The fourth-order valence-electron chi connectivity index (χ4n) is 3.29. The highest BCUT2D eigenvalue weighted by molar-refractivity contribution is 7.80. The number of hydrogen-bond acceptors (Lipinski definition) is 5. The molecule has 0 spiro atoms. The second kappa shape index (κ2) is 11.0. The molecular weight excluding hydrogens is 511 g/mol. The number of thiocarbonyl (C=S) groups is 1. The first-order valence-corrected chi connectivity index (χ1v) is 12.2. The molecule has 2 aromatic heterocycles. The molecule has 4 rings (SSSR count). The Balaban J connectivity index is 1.47. The first kappa shape index (κ1) is 24.2. The maximum absolute atomic E-state index is 12.3. The molecule has 0 fully saturated rings. The molecule has 0 unspecified atom stereocenters. The summed E-state index contributed by atoms with van der Waals surface area (Å²) in [6, 6.07) is 19.4. The molecule has 0 aliphatic heterocycles. The molecule has 6 nitrogen and oxygen atoms in total. The predicted molar refractivity (Wildman–Crippen MR) is 143 cm³/mol. The molecule has 0 atom stereocenters. The summed E-state index contributed by atoms with van der Waals surface area (Å²) in [5.41, 5.74) is 2.48. The number of nitrogens with one attached hydrogen (secondary N) is 2. The van der Waals surface area contributed by atoms with Gasteiger partial charge in [0.2, 0.25) is 0 Å². The summed E-state index contributed by atoms with van der Waals surface area (Å²) in [5.74, 6) is -0.0465. The Morgan fingerprint density at radius 1 is 1.09 bits per heavy atom. The average Bonchev–Trinajstić information content (AvgIpc) is 3.37. The van der Waals surface area contributed by atoms with Crippen LogP contribution in [0.25, 0.3) is 0 Å². The molecule has 4 aromatic rings. The summed E-state index contributed by atoms with van der Waals surface area (Å²) >= 11 is 19.5. The molecule has 2 heterocycles. The minimum Gasteiger partial charge on any atom is -0.465 e. The smallest absolute Gasteiger partial charge is 0.340 e. The Labute approximate surface area is 216 Å². The number of ether oxygens (including phenoxy) is 1. The third kappa shape index (κ3) is 5.95. The van der Waals surface area contributed by atoms with Gasteiger partial charge < -0.3 is 15.4 Å². The van der Waals surface area contributed by atoms with E-state index in [1.165, 1.54) is 18.4 Å². The van der Waals surface area contributed by atoms with E-state index in [9.17, 15) is 4.79 Å². The number of anilines is 2. The van der Waals surface area contributed by atoms with E-state index in [2.05, 4.69) is 15.7 Å². The van der Waals surface area contributed by atoms with E-state index in [-0.39, 0.29) is 5.11 Å². The lowest BCUT2D eigenvalue weighted by Gasteiger charge is -2.09. The number of nitrogens with zero attached hydrogens (tertiary/aromatic N) is 2. The first-order chi connectivity index (χ1) is 16.4. The van der Waals surface area contributed by atoms with Crippen molar-refractivity contribution in [2.45, 2.75) is 13.0 Å². The first-order valence-electron chi connectivity index (χ1n) is 10.2.